The lowest BCUT2D eigenvalue weighted by molar-refractivity contribution is -0.300. The Morgan fingerprint density at radius 1 is 0.848 bits per heavy atom. The van der Waals surface area contributed by atoms with Crippen LogP contribution in [0.3, 0.4) is 0 Å². The number of amides is 1. The predicted molar refractivity (Wildman–Crippen MR) is 132 cm³/mol. The lowest BCUT2D eigenvalue weighted by atomic mass is 9.22. The molecule has 4 aliphatic rings. The highest BCUT2D eigenvalue weighted by Crippen LogP contribution is 2.85. The number of rotatable bonds is 7. The molecule has 0 aromatic carbocycles. The van der Waals surface area contributed by atoms with Crippen LogP contribution in [0.4, 0.5) is 0 Å². The summed E-state index contributed by atoms with van der Waals surface area (Å²) in [6, 6.07) is 0.193. The number of carbonyl (C=O) groups excluding carboxylic acids is 2. The molecule has 0 N–H and O–H groups in total. The van der Waals surface area contributed by atoms with Crippen LogP contribution in [0.1, 0.15) is 55.4 Å². The van der Waals surface area contributed by atoms with Crippen LogP contribution < -0.4 is 0 Å². The highest BCUT2D eigenvalue weighted by atomic mass is 35.5. The van der Waals surface area contributed by atoms with E-state index >= 15 is 0 Å². The van der Waals surface area contributed by atoms with Gasteiger partial charge in [0.05, 0.1) is 11.0 Å². The molecule has 9 heteroatoms. The third kappa shape index (κ3) is 3.10. The van der Waals surface area contributed by atoms with E-state index in [1.54, 1.807) is 0 Å². The van der Waals surface area contributed by atoms with E-state index in [1.165, 1.54) is 0 Å². The maximum atomic E-state index is 13.9. The van der Waals surface area contributed by atoms with Crippen LogP contribution in [0.5, 0.6) is 0 Å². The van der Waals surface area contributed by atoms with Gasteiger partial charge in [-0.05, 0) is 90.4 Å². The number of ether oxygens (including phenoxy) is 1. The fourth-order valence-corrected chi connectivity index (χ4v) is 9.19. The van der Waals surface area contributed by atoms with Gasteiger partial charge in [-0.15, -0.1) is 23.2 Å². The highest BCUT2D eigenvalue weighted by Gasteiger charge is 2.91. The molecule has 4 unspecified atom stereocenters. The van der Waals surface area contributed by atoms with E-state index < -0.39 is 15.7 Å². The van der Waals surface area contributed by atoms with Crippen molar-refractivity contribution < 1.29 is 14.3 Å². The first-order chi connectivity index (χ1) is 15.1. The number of Topliss-reactive ketones (excluding diaryl/α,β-unsaturated/α-hetero) is 1. The Bertz CT molecular complexity index is 866. The zero-order valence-corrected chi connectivity index (χ0v) is 23.4. The first-order valence-corrected chi connectivity index (χ1v) is 13.5. The minimum atomic E-state index is -1.99. The molecule has 0 radical (unpaired) electrons. The molecule has 186 valence electrons. The Morgan fingerprint density at radius 3 is 1.70 bits per heavy atom. The molecule has 1 amide bonds. The summed E-state index contributed by atoms with van der Waals surface area (Å²) in [5.74, 6) is -0.774. The summed E-state index contributed by atoms with van der Waals surface area (Å²) in [6.07, 6.45) is 0. The van der Waals surface area contributed by atoms with Gasteiger partial charge in [-0.3, -0.25) is 9.59 Å². The summed E-state index contributed by atoms with van der Waals surface area (Å²) in [4.78, 5) is 31.3. The predicted octanol–water partition coefficient (Wildman–Crippen LogP) is 5.40. The molecule has 33 heavy (non-hydrogen) atoms. The number of ketones is 1. The molecule has 1 aliphatic heterocycles. The Balaban J connectivity index is 1.80. The van der Waals surface area contributed by atoms with Crippen molar-refractivity contribution >= 4 is 58.1 Å². The number of alkyl halides is 4. The van der Waals surface area contributed by atoms with Crippen LogP contribution in [0.15, 0.2) is 11.5 Å². The Labute approximate surface area is 217 Å². The van der Waals surface area contributed by atoms with Crippen LogP contribution in [-0.4, -0.2) is 60.9 Å². The van der Waals surface area contributed by atoms with Crippen molar-refractivity contribution in [1.29, 1.82) is 0 Å². The van der Waals surface area contributed by atoms with Gasteiger partial charge in [0, 0.05) is 46.8 Å². The molecular weight excluding hydrogens is 506 g/mol. The summed E-state index contributed by atoms with van der Waals surface area (Å²) >= 11 is 26.4. The smallest absolute Gasteiger partial charge is 0.324 e. The third-order valence-corrected chi connectivity index (χ3v) is 9.75. The summed E-state index contributed by atoms with van der Waals surface area (Å²) < 4.78 is 3.89. The Hall–Kier alpha value is -0.360. The van der Waals surface area contributed by atoms with Crippen LogP contribution >= 0.6 is 46.4 Å². The zero-order valence-electron chi connectivity index (χ0n) is 20.4. The summed E-state index contributed by atoms with van der Waals surface area (Å²) in [6.45, 7) is 16.2. The van der Waals surface area contributed by atoms with Gasteiger partial charge < -0.3 is 14.5 Å². The number of halogens is 4. The SMILES string of the molecule is CC(C)N(C(=O)C12C3C(Cl)C1C(C1=C(N(C(C)C)C(C)C)OC(Cl)(Cl)C1=O)C2C3Cl)C(C)C. The molecule has 0 aromatic heterocycles. The standard InChI is InChI=1S/C24H34Cl4N2O3/c1-9(2)29(10(3)4)21-14(20(31)24(27,28)33-21)13-15-18(25)17-19(26)16(13)23(15,17)22(32)30(11(5)6)12(7)8/h9-13,15-19H,1-8H3. The Kier molecular flexibility index (Phi) is 6.30. The first kappa shape index (κ1) is 25.7. The van der Waals surface area contributed by atoms with Gasteiger partial charge >= 0.3 is 4.52 Å². The molecule has 0 bridgehead atoms. The van der Waals surface area contributed by atoms with Gasteiger partial charge in [0.25, 0.3) is 0 Å². The second kappa shape index (κ2) is 8.08. The van der Waals surface area contributed by atoms with Gasteiger partial charge in [0.2, 0.25) is 17.6 Å². The van der Waals surface area contributed by atoms with Crippen LogP contribution in [-0.2, 0) is 14.3 Å². The average Bonchev–Trinajstić information content (AvgIpc) is 2.85. The molecule has 3 saturated carbocycles. The van der Waals surface area contributed by atoms with Crippen molar-refractivity contribution in [2.75, 3.05) is 0 Å². The molecule has 4 atom stereocenters. The van der Waals surface area contributed by atoms with Gasteiger partial charge in [0.1, 0.15) is 0 Å². The van der Waals surface area contributed by atoms with Gasteiger partial charge in [-0.2, -0.15) is 0 Å². The fraction of sp³-hybridized carbons (Fsp3) is 0.833. The molecule has 1 heterocycles. The van der Waals surface area contributed by atoms with Crippen molar-refractivity contribution in [3.8, 4) is 0 Å². The van der Waals surface area contributed by atoms with E-state index in [1.807, 2.05) is 65.2 Å². The molecular formula is C24H34Cl4N2O3. The second-order valence-corrected chi connectivity index (χ2v) is 13.4. The molecule has 5 nitrogen and oxygen atoms in total. The molecule has 0 saturated heterocycles. The van der Waals surface area contributed by atoms with E-state index in [0.717, 1.165) is 0 Å². The minimum Gasteiger partial charge on any atom is -0.435 e. The molecule has 0 spiro atoms. The van der Waals surface area contributed by atoms with Crippen LogP contribution in [0, 0.1) is 29.1 Å². The van der Waals surface area contributed by atoms with E-state index in [-0.39, 0.29) is 64.5 Å². The first-order valence-electron chi connectivity index (χ1n) is 11.9. The summed E-state index contributed by atoms with van der Waals surface area (Å²) in [7, 11) is 0. The number of nitrogens with zero attached hydrogens (tertiary/aromatic N) is 2. The van der Waals surface area contributed by atoms with Gasteiger partial charge in [-0.25, -0.2) is 0 Å². The van der Waals surface area contributed by atoms with Crippen molar-refractivity contribution in [1.82, 2.24) is 9.80 Å². The van der Waals surface area contributed by atoms with Crippen molar-refractivity contribution in [2.24, 2.45) is 29.1 Å². The summed E-state index contributed by atoms with van der Waals surface area (Å²) in [5.41, 5.74) is -0.184. The maximum Gasteiger partial charge on any atom is 0.324 e. The van der Waals surface area contributed by atoms with Crippen molar-refractivity contribution in [3.63, 3.8) is 0 Å². The lowest BCUT2D eigenvalue weighted by Gasteiger charge is -2.84. The van der Waals surface area contributed by atoms with Crippen molar-refractivity contribution in [3.05, 3.63) is 11.5 Å². The molecule has 3 fully saturated rings. The highest BCUT2D eigenvalue weighted by molar-refractivity contribution is 6.59. The van der Waals surface area contributed by atoms with Crippen LogP contribution in [0.25, 0.3) is 0 Å². The molecule has 3 aliphatic carbocycles. The second-order valence-electron chi connectivity index (χ2n) is 11.1. The quantitative estimate of drug-likeness (QED) is 0.406. The van der Waals surface area contributed by atoms with E-state index in [9.17, 15) is 9.59 Å². The normalized spacial score (nSPS) is 38.2. The van der Waals surface area contributed by atoms with E-state index in [2.05, 4.69) is 0 Å². The number of hydrogen-bond acceptors (Lipinski definition) is 4. The minimum absolute atomic E-state index is 0.0444. The third-order valence-electron chi connectivity index (χ3n) is 8.16. The largest absolute Gasteiger partial charge is 0.435 e. The van der Waals surface area contributed by atoms with Crippen LogP contribution in [0.2, 0.25) is 0 Å². The monoisotopic (exact) mass is 538 g/mol. The van der Waals surface area contributed by atoms with Crippen molar-refractivity contribution in [2.45, 2.75) is 94.8 Å². The zero-order chi connectivity index (χ0) is 24.9. The van der Waals surface area contributed by atoms with E-state index in [0.29, 0.717) is 11.5 Å². The lowest BCUT2D eigenvalue weighted by Crippen LogP contribution is -2.91. The van der Waals surface area contributed by atoms with Gasteiger partial charge in [-0.1, -0.05) is 0 Å². The average molecular weight is 540 g/mol. The molecule has 0 aromatic rings. The number of carbonyl (C=O) groups is 2. The van der Waals surface area contributed by atoms with Gasteiger partial charge in [0.15, 0.2) is 0 Å². The molecule has 4 rings (SSSR count). The topological polar surface area (TPSA) is 49.9 Å². The fourth-order valence-electron chi connectivity index (χ4n) is 7.30. The summed E-state index contributed by atoms with van der Waals surface area (Å²) in [5, 5.41) is -0.581. The number of hydrogen-bond donors (Lipinski definition) is 0. The maximum absolute atomic E-state index is 13.9. The Morgan fingerprint density at radius 2 is 1.30 bits per heavy atom. The van der Waals surface area contributed by atoms with E-state index in [4.69, 9.17) is 51.1 Å².